The van der Waals surface area contributed by atoms with E-state index in [2.05, 4.69) is 48.5 Å². The van der Waals surface area contributed by atoms with Gasteiger partial charge in [-0.05, 0) is 44.8 Å². The molecule has 0 radical (unpaired) electrons. The molecular formula is C19H17NO. The molecule has 0 heterocycles. The minimum absolute atomic E-state index is 0.366. The van der Waals surface area contributed by atoms with E-state index in [1.165, 1.54) is 26.9 Å². The molecule has 0 amide bonds. The summed E-state index contributed by atoms with van der Waals surface area (Å²) in [6.45, 7) is 1.74. The quantitative estimate of drug-likeness (QED) is 0.544. The monoisotopic (exact) mass is 275 g/mol. The zero-order chi connectivity index (χ0) is 14.6. The largest absolute Gasteiger partial charge is 0.391 e. The van der Waals surface area contributed by atoms with Crippen LogP contribution in [0.1, 0.15) is 18.5 Å². The Morgan fingerprint density at radius 3 is 2.05 bits per heavy atom. The predicted octanol–water partition coefficient (Wildman–Crippen LogP) is 3.96. The number of aliphatic hydroxyl groups excluding tert-OH is 1. The van der Waals surface area contributed by atoms with Crippen molar-refractivity contribution in [3.63, 3.8) is 0 Å². The maximum absolute atomic E-state index is 9.85. The van der Waals surface area contributed by atoms with E-state index in [1.54, 1.807) is 6.92 Å². The number of hydrogen-bond donors (Lipinski definition) is 2. The van der Waals surface area contributed by atoms with Crippen LogP contribution in [0.5, 0.6) is 0 Å². The minimum Gasteiger partial charge on any atom is -0.391 e. The van der Waals surface area contributed by atoms with Crippen LogP contribution in [0.25, 0.3) is 32.3 Å². The van der Waals surface area contributed by atoms with Gasteiger partial charge in [0.2, 0.25) is 0 Å². The van der Waals surface area contributed by atoms with Gasteiger partial charge in [0.25, 0.3) is 0 Å². The highest BCUT2D eigenvalue weighted by Crippen LogP contribution is 2.37. The maximum atomic E-state index is 9.85. The number of rotatable bonds is 2. The zero-order valence-electron chi connectivity index (χ0n) is 11.9. The summed E-state index contributed by atoms with van der Waals surface area (Å²) in [6.07, 6.45) is -0.566. The fourth-order valence-corrected chi connectivity index (χ4v) is 3.31. The summed E-state index contributed by atoms with van der Waals surface area (Å²) in [5.74, 6) is 0. The molecule has 0 bridgehead atoms. The van der Waals surface area contributed by atoms with Crippen LogP contribution in [-0.2, 0) is 0 Å². The first-order chi connectivity index (χ1) is 10.2. The van der Waals surface area contributed by atoms with E-state index in [0.29, 0.717) is 0 Å². The molecule has 0 aliphatic carbocycles. The van der Waals surface area contributed by atoms with Crippen molar-refractivity contribution in [2.24, 2.45) is 5.73 Å². The Morgan fingerprint density at radius 1 is 0.810 bits per heavy atom. The Hall–Kier alpha value is -2.16. The third kappa shape index (κ3) is 1.73. The van der Waals surface area contributed by atoms with E-state index in [0.717, 1.165) is 10.9 Å². The lowest BCUT2D eigenvalue weighted by molar-refractivity contribution is 0.165. The molecule has 0 aliphatic heterocycles. The standard InChI is InChI=1S/C19H17NO/c1-11(21)19(20)16-10-8-14-6-5-12-3-2-4-13-7-9-15(16)18(14)17(12)13/h2-11,19,21H,20H2,1H3/t11-,19-/m1/s1. The molecule has 0 saturated carbocycles. The molecule has 2 nitrogen and oxygen atoms in total. The molecule has 0 fully saturated rings. The van der Waals surface area contributed by atoms with E-state index in [-0.39, 0.29) is 6.04 Å². The van der Waals surface area contributed by atoms with Crippen LogP contribution in [0, 0.1) is 0 Å². The SMILES string of the molecule is C[C@@H](O)[C@@H](N)c1ccc2ccc3cccc4ccc1c2c34. The number of benzene rings is 4. The molecule has 0 saturated heterocycles. The summed E-state index contributed by atoms with van der Waals surface area (Å²) >= 11 is 0. The van der Waals surface area contributed by atoms with Crippen LogP contribution in [0.15, 0.2) is 54.6 Å². The van der Waals surface area contributed by atoms with Crippen LogP contribution in [0.3, 0.4) is 0 Å². The van der Waals surface area contributed by atoms with Gasteiger partial charge in [0.15, 0.2) is 0 Å². The minimum atomic E-state index is -0.566. The third-order valence-corrected chi connectivity index (χ3v) is 4.44. The van der Waals surface area contributed by atoms with Gasteiger partial charge in [0.1, 0.15) is 0 Å². The Labute approximate surface area is 123 Å². The molecule has 4 aromatic rings. The molecule has 0 unspecified atom stereocenters. The molecule has 0 spiro atoms. The first-order valence-corrected chi connectivity index (χ1v) is 7.27. The van der Waals surface area contributed by atoms with Crippen molar-refractivity contribution < 1.29 is 5.11 Å². The molecule has 2 atom stereocenters. The summed E-state index contributed by atoms with van der Waals surface area (Å²) in [5.41, 5.74) is 7.20. The zero-order valence-corrected chi connectivity index (χ0v) is 11.9. The van der Waals surface area contributed by atoms with Crippen LogP contribution < -0.4 is 5.73 Å². The van der Waals surface area contributed by atoms with E-state index >= 15 is 0 Å². The average Bonchev–Trinajstić information content (AvgIpc) is 2.51. The Bertz CT molecular complexity index is 926. The molecule has 4 rings (SSSR count). The molecule has 0 aromatic heterocycles. The summed E-state index contributed by atoms with van der Waals surface area (Å²) in [5, 5.41) is 17.2. The second kappa shape index (κ2) is 4.42. The molecule has 4 aromatic carbocycles. The lowest BCUT2D eigenvalue weighted by Gasteiger charge is -2.19. The fourth-order valence-electron chi connectivity index (χ4n) is 3.31. The summed E-state index contributed by atoms with van der Waals surface area (Å²) < 4.78 is 0. The van der Waals surface area contributed by atoms with Gasteiger partial charge in [-0.15, -0.1) is 0 Å². The average molecular weight is 275 g/mol. The van der Waals surface area contributed by atoms with Crippen molar-refractivity contribution in [1.82, 2.24) is 0 Å². The van der Waals surface area contributed by atoms with Gasteiger partial charge in [0, 0.05) is 0 Å². The van der Waals surface area contributed by atoms with Gasteiger partial charge in [-0.1, -0.05) is 54.6 Å². The molecule has 3 N–H and O–H groups in total. The second-order valence-electron chi connectivity index (χ2n) is 5.78. The van der Waals surface area contributed by atoms with Crippen LogP contribution in [-0.4, -0.2) is 11.2 Å². The molecule has 21 heavy (non-hydrogen) atoms. The number of nitrogens with two attached hydrogens (primary N) is 1. The van der Waals surface area contributed by atoms with Gasteiger partial charge in [-0.25, -0.2) is 0 Å². The third-order valence-electron chi connectivity index (χ3n) is 4.44. The highest BCUT2D eigenvalue weighted by molar-refractivity contribution is 6.23. The number of hydrogen-bond acceptors (Lipinski definition) is 2. The summed E-state index contributed by atoms with van der Waals surface area (Å²) in [7, 11) is 0. The highest BCUT2D eigenvalue weighted by atomic mass is 16.3. The van der Waals surface area contributed by atoms with Gasteiger partial charge in [0.05, 0.1) is 12.1 Å². The van der Waals surface area contributed by atoms with E-state index in [1.807, 2.05) is 6.07 Å². The summed E-state index contributed by atoms with van der Waals surface area (Å²) in [4.78, 5) is 0. The molecular weight excluding hydrogens is 258 g/mol. The van der Waals surface area contributed by atoms with Crippen molar-refractivity contribution in [3.05, 3.63) is 60.2 Å². The maximum Gasteiger partial charge on any atom is 0.0704 e. The normalized spacial score (nSPS) is 15.0. The van der Waals surface area contributed by atoms with Gasteiger partial charge in [-0.3, -0.25) is 0 Å². The van der Waals surface area contributed by atoms with E-state index in [9.17, 15) is 5.11 Å². The predicted molar refractivity (Wildman–Crippen MR) is 88.8 cm³/mol. The Kier molecular flexibility index (Phi) is 2.64. The van der Waals surface area contributed by atoms with Gasteiger partial charge in [-0.2, -0.15) is 0 Å². The second-order valence-corrected chi connectivity index (χ2v) is 5.78. The van der Waals surface area contributed by atoms with Crippen molar-refractivity contribution in [1.29, 1.82) is 0 Å². The van der Waals surface area contributed by atoms with Crippen molar-refractivity contribution in [2.45, 2.75) is 19.1 Å². The van der Waals surface area contributed by atoms with Crippen LogP contribution in [0.4, 0.5) is 0 Å². The van der Waals surface area contributed by atoms with Crippen molar-refractivity contribution in [2.75, 3.05) is 0 Å². The van der Waals surface area contributed by atoms with Crippen molar-refractivity contribution >= 4 is 32.3 Å². The highest BCUT2D eigenvalue weighted by Gasteiger charge is 2.17. The molecule has 2 heteroatoms. The molecule has 0 aliphatic rings. The van der Waals surface area contributed by atoms with Gasteiger partial charge < -0.3 is 10.8 Å². The van der Waals surface area contributed by atoms with E-state index in [4.69, 9.17) is 5.73 Å². The van der Waals surface area contributed by atoms with Crippen LogP contribution in [0.2, 0.25) is 0 Å². The lowest BCUT2D eigenvalue weighted by atomic mass is 9.89. The first kappa shape index (κ1) is 12.6. The topological polar surface area (TPSA) is 46.2 Å². The summed E-state index contributed by atoms with van der Waals surface area (Å²) in [6, 6.07) is 18.7. The van der Waals surface area contributed by atoms with Crippen LogP contribution >= 0.6 is 0 Å². The lowest BCUT2D eigenvalue weighted by Crippen LogP contribution is -2.23. The smallest absolute Gasteiger partial charge is 0.0704 e. The van der Waals surface area contributed by atoms with E-state index < -0.39 is 6.10 Å². The molecule has 104 valence electrons. The Balaban J connectivity index is 2.20. The number of aliphatic hydroxyl groups is 1. The van der Waals surface area contributed by atoms with Gasteiger partial charge >= 0.3 is 0 Å². The van der Waals surface area contributed by atoms with Crippen molar-refractivity contribution in [3.8, 4) is 0 Å². The first-order valence-electron chi connectivity index (χ1n) is 7.27. The Morgan fingerprint density at radius 2 is 1.38 bits per heavy atom. The fraction of sp³-hybridized carbons (Fsp3) is 0.158.